The third-order valence-electron chi connectivity index (χ3n) is 4.68. The zero-order valence-corrected chi connectivity index (χ0v) is 11.4. The molecule has 3 aliphatic rings. The lowest BCUT2D eigenvalue weighted by Crippen LogP contribution is -2.55. The minimum Gasteiger partial charge on any atom is -0.378 e. The van der Waals surface area contributed by atoms with E-state index in [2.05, 4.69) is 5.32 Å². The molecule has 0 aromatic rings. The Kier molecular flexibility index (Phi) is 3.48. The summed E-state index contributed by atoms with van der Waals surface area (Å²) in [5, 5.41) is 3.05. The predicted molar refractivity (Wildman–Crippen MR) is 69.4 cm³/mol. The molecule has 0 saturated carbocycles. The van der Waals surface area contributed by atoms with E-state index in [0.29, 0.717) is 18.9 Å². The van der Waals surface area contributed by atoms with Crippen molar-refractivity contribution in [3.8, 4) is 0 Å². The van der Waals surface area contributed by atoms with E-state index in [0.717, 1.165) is 32.4 Å². The average Bonchev–Trinajstić information content (AvgIpc) is 2.84. The highest BCUT2D eigenvalue weighted by atomic mass is 16.5. The van der Waals surface area contributed by atoms with Gasteiger partial charge in [0.1, 0.15) is 0 Å². The Morgan fingerprint density at radius 1 is 1.42 bits per heavy atom. The predicted octanol–water partition coefficient (Wildman–Crippen LogP) is 0.539. The van der Waals surface area contributed by atoms with Crippen LogP contribution in [0.15, 0.2) is 0 Å². The highest BCUT2D eigenvalue weighted by molar-refractivity contribution is 5.80. The van der Waals surface area contributed by atoms with Gasteiger partial charge < -0.3 is 15.0 Å². The number of piperidine rings is 2. The first-order valence-corrected chi connectivity index (χ1v) is 7.33. The SMILES string of the molecule is CC1CC(C(=O)N2CCC3NC(=O)CCC3C2)CO1. The van der Waals surface area contributed by atoms with Crippen LogP contribution in [-0.4, -0.2) is 48.6 Å². The molecular formula is C14H22N2O3. The maximum absolute atomic E-state index is 12.4. The van der Waals surface area contributed by atoms with Gasteiger partial charge >= 0.3 is 0 Å². The van der Waals surface area contributed by atoms with Gasteiger partial charge in [-0.25, -0.2) is 0 Å². The average molecular weight is 266 g/mol. The molecule has 3 aliphatic heterocycles. The number of ether oxygens (including phenoxy) is 1. The lowest BCUT2D eigenvalue weighted by atomic mass is 9.84. The van der Waals surface area contributed by atoms with Crippen LogP contribution in [0.5, 0.6) is 0 Å². The van der Waals surface area contributed by atoms with Crippen LogP contribution in [0.4, 0.5) is 0 Å². The number of hydrogen-bond acceptors (Lipinski definition) is 3. The van der Waals surface area contributed by atoms with Crippen LogP contribution in [0, 0.1) is 11.8 Å². The highest BCUT2D eigenvalue weighted by Crippen LogP contribution is 2.28. The van der Waals surface area contributed by atoms with Crippen molar-refractivity contribution in [2.24, 2.45) is 11.8 Å². The standard InChI is InChI=1S/C14H22N2O3/c1-9-6-11(8-19-9)14(18)16-5-4-12-10(7-16)2-3-13(17)15-12/h9-12H,2-8H2,1H3,(H,15,17). The van der Waals surface area contributed by atoms with Crippen molar-refractivity contribution in [3.63, 3.8) is 0 Å². The van der Waals surface area contributed by atoms with Gasteiger partial charge in [-0.3, -0.25) is 9.59 Å². The largest absolute Gasteiger partial charge is 0.378 e. The molecule has 0 aromatic heterocycles. The molecule has 5 nitrogen and oxygen atoms in total. The second-order valence-electron chi connectivity index (χ2n) is 6.12. The Balaban J connectivity index is 1.58. The molecule has 3 saturated heterocycles. The second kappa shape index (κ2) is 5.12. The molecule has 0 bridgehead atoms. The molecule has 4 atom stereocenters. The van der Waals surface area contributed by atoms with Crippen LogP contribution < -0.4 is 5.32 Å². The number of rotatable bonds is 1. The lowest BCUT2D eigenvalue weighted by molar-refractivity contribution is -0.138. The zero-order valence-electron chi connectivity index (χ0n) is 11.4. The first-order valence-electron chi connectivity index (χ1n) is 7.33. The van der Waals surface area contributed by atoms with Gasteiger partial charge in [0.25, 0.3) is 0 Å². The lowest BCUT2D eigenvalue weighted by Gasteiger charge is -2.42. The van der Waals surface area contributed by atoms with Crippen LogP contribution in [0.25, 0.3) is 0 Å². The van der Waals surface area contributed by atoms with Crippen molar-refractivity contribution in [1.82, 2.24) is 10.2 Å². The van der Waals surface area contributed by atoms with Crippen LogP contribution in [0.2, 0.25) is 0 Å². The number of carbonyl (C=O) groups excluding carboxylic acids is 2. The quantitative estimate of drug-likeness (QED) is 0.753. The topological polar surface area (TPSA) is 58.6 Å². The monoisotopic (exact) mass is 266 g/mol. The molecule has 4 unspecified atom stereocenters. The number of fused-ring (bicyclic) bond motifs is 1. The molecule has 3 fully saturated rings. The fourth-order valence-corrected chi connectivity index (χ4v) is 3.56. The molecule has 0 spiro atoms. The Hall–Kier alpha value is -1.10. The molecular weight excluding hydrogens is 244 g/mol. The van der Waals surface area contributed by atoms with Gasteiger partial charge in [0.15, 0.2) is 0 Å². The van der Waals surface area contributed by atoms with Gasteiger partial charge in [-0.15, -0.1) is 0 Å². The van der Waals surface area contributed by atoms with Crippen molar-refractivity contribution >= 4 is 11.8 Å². The Morgan fingerprint density at radius 2 is 2.26 bits per heavy atom. The van der Waals surface area contributed by atoms with Crippen LogP contribution in [0.1, 0.15) is 32.6 Å². The van der Waals surface area contributed by atoms with E-state index in [1.807, 2.05) is 11.8 Å². The van der Waals surface area contributed by atoms with Gasteiger partial charge in [-0.2, -0.15) is 0 Å². The molecule has 106 valence electrons. The summed E-state index contributed by atoms with van der Waals surface area (Å²) in [5.41, 5.74) is 0. The van der Waals surface area contributed by atoms with Gasteiger partial charge in [0.05, 0.1) is 18.6 Å². The number of likely N-dealkylation sites (tertiary alicyclic amines) is 1. The number of carbonyl (C=O) groups is 2. The second-order valence-corrected chi connectivity index (χ2v) is 6.12. The fourth-order valence-electron chi connectivity index (χ4n) is 3.56. The molecule has 19 heavy (non-hydrogen) atoms. The molecule has 1 N–H and O–H groups in total. The maximum atomic E-state index is 12.4. The number of hydrogen-bond donors (Lipinski definition) is 1. The summed E-state index contributed by atoms with van der Waals surface area (Å²) in [6, 6.07) is 0.282. The van der Waals surface area contributed by atoms with E-state index < -0.39 is 0 Å². The number of amides is 2. The van der Waals surface area contributed by atoms with Crippen molar-refractivity contribution in [2.45, 2.75) is 44.8 Å². The maximum Gasteiger partial charge on any atom is 0.228 e. The minimum absolute atomic E-state index is 0.0460. The zero-order chi connectivity index (χ0) is 13.4. The Morgan fingerprint density at radius 3 is 3.00 bits per heavy atom. The first-order chi connectivity index (χ1) is 9.13. The summed E-state index contributed by atoms with van der Waals surface area (Å²) in [4.78, 5) is 25.8. The van der Waals surface area contributed by atoms with Crippen molar-refractivity contribution < 1.29 is 14.3 Å². The molecule has 2 amide bonds. The molecule has 3 heterocycles. The summed E-state index contributed by atoms with van der Waals surface area (Å²) in [7, 11) is 0. The van der Waals surface area contributed by atoms with E-state index in [4.69, 9.17) is 4.74 Å². The molecule has 0 aliphatic carbocycles. The highest BCUT2D eigenvalue weighted by Gasteiger charge is 2.38. The van der Waals surface area contributed by atoms with E-state index in [-0.39, 0.29) is 29.9 Å². The van der Waals surface area contributed by atoms with Gasteiger partial charge in [0, 0.05) is 25.6 Å². The van der Waals surface area contributed by atoms with E-state index >= 15 is 0 Å². The van der Waals surface area contributed by atoms with E-state index in [9.17, 15) is 9.59 Å². The van der Waals surface area contributed by atoms with Gasteiger partial charge in [0.2, 0.25) is 11.8 Å². The minimum atomic E-state index is 0.0460. The third-order valence-corrected chi connectivity index (χ3v) is 4.68. The third kappa shape index (κ3) is 2.61. The summed E-state index contributed by atoms with van der Waals surface area (Å²) in [6.07, 6.45) is 3.47. The van der Waals surface area contributed by atoms with Crippen LogP contribution >= 0.6 is 0 Å². The summed E-state index contributed by atoms with van der Waals surface area (Å²) < 4.78 is 5.49. The Labute approximate surface area is 113 Å². The Bertz CT molecular complexity index is 385. The number of nitrogens with zero attached hydrogens (tertiary/aromatic N) is 1. The molecule has 5 heteroatoms. The summed E-state index contributed by atoms with van der Waals surface area (Å²) in [6.45, 7) is 4.16. The van der Waals surface area contributed by atoms with Gasteiger partial charge in [-0.05, 0) is 32.1 Å². The van der Waals surface area contributed by atoms with Crippen molar-refractivity contribution in [1.29, 1.82) is 0 Å². The summed E-state index contributed by atoms with van der Waals surface area (Å²) >= 11 is 0. The van der Waals surface area contributed by atoms with Gasteiger partial charge in [-0.1, -0.05) is 0 Å². The fraction of sp³-hybridized carbons (Fsp3) is 0.857. The van der Waals surface area contributed by atoms with Crippen molar-refractivity contribution in [3.05, 3.63) is 0 Å². The van der Waals surface area contributed by atoms with Crippen LogP contribution in [0.3, 0.4) is 0 Å². The van der Waals surface area contributed by atoms with Crippen molar-refractivity contribution in [2.75, 3.05) is 19.7 Å². The van der Waals surface area contributed by atoms with Crippen LogP contribution in [-0.2, 0) is 14.3 Å². The molecule has 0 aromatic carbocycles. The molecule has 0 radical (unpaired) electrons. The number of nitrogens with one attached hydrogen (secondary N) is 1. The van der Waals surface area contributed by atoms with E-state index in [1.54, 1.807) is 0 Å². The normalized spacial score (nSPS) is 38.8. The molecule has 3 rings (SSSR count). The summed E-state index contributed by atoms with van der Waals surface area (Å²) in [5.74, 6) is 0.902. The smallest absolute Gasteiger partial charge is 0.228 e. The van der Waals surface area contributed by atoms with E-state index in [1.165, 1.54) is 0 Å². The first kappa shape index (κ1) is 12.9.